The maximum Gasteiger partial charge on any atom is 0.418 e. The van der Waals surface area contributed by atoms with Gasteiger partial charge in [0, 0.05) is 26.2 Å². The molecule has 0 fully saturated rings. The highest BCUT2D eigenvalue weighted by molar-refractivity contribution is 5.90. The minimum atomic E-state index is -4.51. The zero-order valence-electron chi connectivity index (χ0n) is 14.1. The van der Waals surface area contributed by atoms with Crippen molar-refractivity contribution in [3.63, 3.8) is 0 Å². The van der Waals surface area contributed by atoms with Crippen LogP contribution in [-0.4, -0.2) is 30.6 Å². The Morgan fingerprint density at radius 2 is 1.73 bits per heavy atom. The van der Waals surface area contributed by atoms with Gasteiger partial charge in [-0.1, -0.05) is 36.4 Å². The number of rotatable bonds is 4. The minimum Gasteiger partial charge on any atom is -0.337 e. The van der Waals surface area contributed by atoms with Gasteiger partial charge in [0.05, 0.1) is 11.3 Å². The monoisotopic (exact) mass is 363 g/mol. The van der Waals surface area contributed by atoms with Gasteiger partial charge in [0.2, 0.25) is 0 Å². The largest absolute Gasteiger partial charge is 0.418 e. The number of urea groups is 1. The van der Waals surface area contributed by atoms with Crippen molar-refractivity contribution in [1.82, 2.24) is 10.2 Å². The van der Waals surface area contributed by atoms with Crippen molar-refractivity contribution in [1.29, 1.82) is 0 Å². The SMILES string of the molecule is O=C(NCCN1CCc2ccccc2C1)Nc1ccccc1C(F)(F)F. The molecule has 0 radical (unpaired) electrons. The van der Waals surface area contributed by atoms with Crippen LogP contribution in [0, 0.1) is 0 Å². The Labute approximate surface area is 150 Å². The molecule has 0 bridgehead atoms. The molecule has 2 aromatic rings. The van der Waals surface area contributed by atoms with Crippen molar-refractivity contribution < 1.29 is 18.0 Å². The summed E-state index contributed by atoms with van der Waals surface area (Å²) in [4.78, 5) is 14.1. The van der Waals surface area contributed by atoms with Crippen LogP contribution in [0.3, 0.4) is 0 Å². The van der Waals surface area contributed by atoms with Crippen molar-refractivity contribution >= 4 is 11.7 Å². The smallest absolute Gasteiger partial charge is 0.337 e. The zero-order chi connectivity index (χ0) is 18.6. The first kappa shape index (κ1) is 18.3. The Hall–Kier alpha value is -2.54. The van der Waals surface area contributed by atoms with Gasteiger partial charge < -0.3 is 10.6 Å². The molecule has 0 aliphatic carbocycles. The van der Waals surface area contributed by atoms with Crippen LogP contribution in [-0.2, 0) is 19.1 Å². The minimum absolute atomic E-state index is 0.246. The molecule has 2 amide bonds. The number of para-hydroxylation sites is 1. The second-order valence-electron chi connectivity index (χ2n) is 6.22. The summed E-state index contributed by atoms with van der Waals surface area (Å²) >= 11 is 0. The van der Waals surface area contributed by atoms with Gasteiger partial charge in [-0.3, -0.25) is 4.90 Å². The lowest BCUT2D eigenvalue weighted by Gasteiger charge is -2.28. The molecular formula is C19H20F3N3O. The van der Waals surface area contributed by atoms with Crippen molar-refractivity contribution in [3.8, 4) is 0 Å². The fraction of sp³-hybridized carbons (Fsp3) is 0.316. The third kappa shape index (κ3) is 4.54. The zero-order valence-corrected chi connectivity index (χ0v) is 14.1. The summed E-state index contributed by atoms with van der Waals surface area (Å²) in [6, 6.07) is 12.5. The van der Waals surface area contributed by atoms with Gasteiger partial charge in [-0.2, -0.15) is 13.2 Å². The lowest BCUT2D eigenvalue weighted by Crippen LogP contribution is -2.39. The Morgan fingerprint density at radius 3 is 2.50 bits per heavy atom. The van der Waals surface area contributed by atoms with E-state index in [1.165, 1.54) is 29.3 Å². The fourth-order valence-electron chi connectivity index (χ4n) is 3.08. The van der Waals surface area contributed by atoms with E-state index in [9.17, 15) is 18.0 Å². The lowest BCUT2D eigenvalue weighted by atomic mass is 10.00. The van der Waals surface area contributed by atoms with Crippen LogP contribution in [0.15, 0.2) is 48.5 Å². The molecule has 4 nitrogen and oxygen atoms in total. The van der Waals surface area contributed by atoms with E-state index in [0.717, 1.165) is 25.6 Å². The molecule has 138 valence electrons. The molecule has 0 saturated carbocycles. The highest BCUT2D eigenvalue weighted by Gasteiger charge is 2.33. The van der Waals surface area contributed by atoms with E-state index >= 15 is 0 Å². The molecule has 3 rings (SSSR count). The van der Waals surface area contributed by atoms with Gasteiger partial charge in [-0.05, 0) is 29.7 Å². The van der Waals surface area contributed by atoms with Gasteiger partial charge in [-0.25, -0.2) is 4.79 Å². The summed E-state index contributed by atoms with van der Waals surface area (Å²) in [5, 5.41) is 4.90. The number of nitrogens with one attached hydrogen (secondary N) is 2. The predicted molar refractivity (Wildman–Crippen MR) is 93.9 cm³/mol. The van der Waals surface area contributed by atoms with Crippen molar-refractivity contribution in [3.05, 3.63) is 65.2 Å². The molecule has 2 N–H and O–H groups in total. The van der Waals surface area contributed by atoms with E-state index in [1.807, 2.05) is 12.1 Å². The summed E-state index contributed by atoms with van der Waals surface area (Å²) in [6.07, 6.45) is -3.55. The quantitative estimate of drug-likeness (QED) is 0.866. The van der Waals surface area contributed by atoms with Crippen LogP contribution >= 0.6 is 0 Å². The molecule has 1 aliphatic rings. The summed E-state index contributed by atoms with van der Waals surface area (Å²) in [7, 11) is 0. The standard InChI is InChI=1S/C19H20F3N3O/c20-19(21,22)16-7-3-4-8-17(16)24-18(26)23-10-12-25-11-9-14-5-1-2-6-15(14)13-25/h1-8H,9-13H2,(H2,23,24,26). The molecule has 2 aromatic carbocycles. The van der Waals surface area contributed by atoms with E-state index < -0.39 is 17.8 Å². The van der Waals surface area contributed by atoms with E-state index in [1.54, 1.807) is 0 Å². The summed E-state index contributed by atoms with van der Waals surface area (Å²) < 4.78 is 38.8. The molecule has 0 aromatic heterocycles. The first-order chi connectivity index (χ1) is 12.4. The molecular weight excluding hydrogens is 343 g/mol. The second kappa shape index (κ2) is 7.78. The number of amides is 2. The first-order valence-corrected chi connectivity index (χ1v) is 8.44. The molecule has 7 heteroatoms. The topological polar surface area (TPSA) is 44.4 Å². The second-order valence-corrected chi connectivity index (χ2v) is 6.22. The first-order valence-electron chi connectivity index (χ1n) is 8.44. The van der Waals surface area contributed by atoms with Crippen molar-refractivity contribution in [2.45, 2.75) is 19.1 Å². The Kier molecular flexibility index (Phi) is 5.46. The predicted octanol–water partition coefficient (Wildman–Crippen LogP) is 3.89. The number of hydrogen-bond acceptors (Lipinski definition) is 2. The number of hydrogen-bond donors (Lipinski definition) is 2. The van der Waals surface area contributed by atoms with Crippen LogP contribution in [0.5, 0.6) is 0 Å². The number of benzene rings is 2. The van der Waals surface area contributed by atoms with E-state index in [2.05, 4.69) is 27.7 Å². The van der Waals surface area contributed by atoms with Gasteiger partial charge in [0.1, 0.15) is 0 Å². The van der Waals surface area contributed by atoms with E-state index in [-0.39, 0.29) is 5.69 Å². The van der Waals surface area contributed by atoms with Gasteiger partial charge in [-0.15, -0.1) is 0 Å². The normalized spacial score (nSPS) is 14.6. The third-order valence-corrected chi connectivity index (χ3v) is 4.40. The van der Waals surface area contributed by atoms with Crippen LogP contribution in [0.1, 0.15) is 16.7 Å². The molecule has 0 atom stereocenters. The number of carbonyl (C=O) groups excluding carboxylic acids is 1. The Morgan fingerprint density at radius 1 is 1.04 bits per heavy atom. The summed E-state index contributed by atoms with van der Waals surface area (Å²) in [5.41, 5.74) is 1.52. The van der Waals surface area contributed by atoms with Crippen molar-refractivity contribution in [2.75, 3.05) is 25.0 Å². The van der Waals surface area contributed by atoms with Crippen LogP contribution in [0.2, 0.25) is 0 Å². The molecule has 0 saturated heterocycles. The summed E-state index contributed by atoms with van der Waals surface area (Å²) in [6.45, 7) is 2.72. The van der Waals surface area contributed by atoms with E-state index in [0.29, 0.717) is 13.1 Å². The average molecular weight is 363 g/mol. The summed E-state index contributed by atoms with van der Waals surface area (Å²) in [5.74, 6) is 0. The maximum atomic E-state index is 12.9. The lowest BCUT2D eigenvalue weighted by molar-refractivity contribution is -0.136. The molecule has 1 heterocycles. The number of fused-ring (bicyclic) bond motifs is 1. The average Bonchev–Trinajstić information content (AvgIpc) is 2.61. The number of alkyl halides is 3. The molecule has 0 unspecified atom stereocenters. The maximum absolute atomic E-state index is 12.9. The number of nitrogens with zero attached hydrogens (tertiary/aromatic N) is 1. The van der Waals surface area contributed by atoms with Gasteiger partial charge >= 0.3 is 12.2 Å². The fourth-order valence-corrected chi connectivity index (χ4v) is 3.08. The van der Waals surface area contributed by atoms with Crippen LogP contribution in [0.25, 0.3) is 0 Å². The van der Waals surface area contributed by atoms with Crippen LogP contribution in [0.4, 0.5) is 23.7 Å². The van der Waals surface area contributed by atoms with E-state index in [4.69, 9.17) is 0 Å². The number of carbonyl (C=O) groups is 1. The number of halogens is 3. The molecule has 26 heavy (non-hydrogen) atoms. The van der Waals surface area contributed by atoms with Gasteiger partial charge in [0.15, 0.2) is 0 Å². The highest BCUT2D eigenvalue weighted by Crippen LogP contribution is 2.34. The van der Waals surface area contributed by atoms with Gasteiger partial charge in [0.25, 0.3) is 0 Å². The third-order valence-electron chi connectivity index (χ3n) is 4.40. The molecule has 0 spiro atoms. The van der Waals surface area contributed by atoms with Crippen LogP contribution < -0.4 is 10.6 Å². The molecule has 1 aliphatic heterocycles. The number of anilines is 1. The Bertz CT molecular complexity index is 777. The Balaban J connectivity index is 1.49. The highest BCUT2D eigenvalue weighted by atomic mass is 19.4. The van der Waals surface area contributed by atoms with Crippen molar-refractivity contribution in [2.24, 2.45) is 0 Å².